The van der Waals surface area contributed by atoms with E-state index < -0.39 is 17.7 Å². The highest BCUT2D eigenvalue weighted by molar-refractivity contribution is 6.06. The molecule has 0 unspecified atom stereocenters. The average molecular weight is 442 g/mol. The second-order valence-electron chi connectivity index (χ2n) is 9.22. The van der Waals surface area contributed by atoms with Crippen LogP contribution < -0.4 is 5.32 Å². The molecule has 32 heavy (non-hydrogen) atoms. The van der Waals surface area contributed by atoms with Crippen molar-refractivity contribution >= 4 is 22.8 Å². The summed E-state index contributed by atoms with van der Waals surface area (Å²) in [7, 11) is 0. The van der Waals surface area contributed by atoms with Gasteiger partial charge < -0.3 is 15.0 Å². The zero-order chi connectivity index (χ0) is 22.7. The number of alkyl halides is 3. The minimum atomic E-state index is -4.38. The number of carbonyl (C=O) groups excluding carboxylic acids is 1. The number of hydrogen-bond donors (Lipinski definition) is 2. The van der Waals surface area contributed by atoms with Gasteiger partial charge in [-0.3, -0.25) is 9.59 Å². The molecule has 0 atom stereocenters. The molecule has 2 aromatic carbocycles. The summed E-state index contributed by atoms with van der Waals surface area (Å²) in [5.74, 6) is -1.03. The molecule has 0 aliphatic heterocycles. The van der Waals surface area contributed by atoms with Crippen LogP contribution in [0.15, 0.2) is 54.7 Å². The number of carbonyl (C=O) groups is 2. The third kappa shape index (κ3) is 3.43. The number of halogens is 3. The molecule has 1 heterocycles. The Labute approximate surface area is 181 Å². The molecule has 166 valence electrons. The van der Waals surface area contributed by atoms with Crippen molar-refractivity contribution in [1.82, 2.24) is 9.88 Å². The smallest absolute Gasteiger partial charge is 0.416 e. The number of nitrogens with one attached hydrogen (secondary N) is 1. The van der Waals surface area contributed by atoms with Gasteiger partial charge in [0.2, 0.25) is 0 Å². The average Bonchev–Trinajstić information content (AvgIpc) is 3.07. The van der Waals surface area contributed by atoms with Gasteiger partial charge in [0, 0.05) is 23.7 Å². The maximum Gasteiger partial charge on any atom is 0.416 e. The van der Waals surface area contributed by atoms with Crippen LogP contribution in [0.2, 0.25) is 0 Å². The van der Waals surface area contributed by atoms with Crippen LogP contribution in [0.3, 0.4) is 0 Å². The summed E-state index contributed by atoms with van der Waals surface area (Å²) in [5, 5.41) is 13.0. The summed E-state index contributed by atoms with van der Waals surface area (Å²) in [4.78, 5) is 24.1. The van der Waals surface area contributed by atoms with E-state index in [9.17, 15) is 22.8 Å². The van der Waals surface area contributed by atoms with E-state index in [4.69, 9.17) is 5.11 Å². The quantitative estimate of drug-likeness (QED) is 0.574. The van der Waals surface area contributed by atoms with E-state index in [0.29, 0.717) is 36.9 Å². The minimum Gasteiger partial charge on any atom is -0.481 e. The minimum absolute atomic E-state index is 0.135. The molecule has 6 rings (SSSR count). The number of aliphatic carboxylic acids is 1. The summed E-state index contributed by atoms with van der Waals surface area (Å²) < 4.78 is 40.3. The van der Waals surface area contributed by atoms with Crippen LogP contribution in [0.1, 0.15) is 47.2 Å². The number of rotatable bonds is 6. The highest BCUT2D eigenvalue weighted by atomic mass is 19.4. The molecule has 3 saturated carbocycles. The van der Waals surface area contributed by atoms with Gasteiger partial charge in [0.15, 0.2) is 0 Å². The zero-order valence-electron chi connectivity index (χ0n) is 17.1. The molecule has 2 N–H and O–H groups in total. The fourth-order valence-electron chi connectivity index (χ4n) is 5.52. The molecule has 8 heteroatoms. The summed E-state index contributed by atoms with van der Waals surface area (Å²) in [6.45, 7) is 0.332. The van der Waals surface area contributed by atoms with E-state index in [2.05, 4.69) is 5.32 Å². The van der Waals surface area contributed by atoms with Crippen molar-refractivity contribution < 1.29 is 27.9 Å². The Morgan fingerprint density at radius 3 is 2.34 bits per heavy atom. The predicted octanol–water partition coefficient (Wildman–Crippen LogP) is 4.84. The first-order valence-corrected chi connectivity index (χ1v) is 10.4. The fourth-order valence-corrected chi connectivity index (χ4v) is 5.52. The number of carboxylic acids is 1. The van der Waals surface area contributed by atoms with E-state index in [1.165, 1.54) is 12.1 Å². The van der Waals surface area contributed by atoms with Crippen molar-refractivity contribution in [2.75, 3.05) is 0 Å². The number of carboxylic acid groups (broad SMARTS) is 1. The lowest BCUT2D eigenvalue weighted by Crippen LogP contribution is -2.75. The number of amides is 1. The molecule has 0 saturated heterocycles. The maximum atomic E-state index is 13.1. The molecule has 0 radical (unpaired) electrons. The fraction of sp³-hybridized carbons (Fsp3) is 0.333. The van der Waals surface area contributed by atoms with Crippen LogP contribution in [-0.2, 0) is 17.5 Å². The summed E-state index contributed by atoms with van der Waals surface area (Å²) in [6.07, 6.45) is -0.381. The second-order valence-corrected chi connectivity index (χ2v) is 9.22. The van der Waals surface area contributed by atoms with Crippen molar-refractivity contribution in [2.45, 2.75) is 43.9 Å². The highest BCUT2D eigenvalue weighted by Gasteiger charge is 2.68. The Bertz CT molecular complexity index is 1210. The van der Waals surface area contributed by atoms with Gasteiger partial charge in [0.05, 0.1) is 23.1 Å². The van der Waals surface area contributed by atoms with E-state index >= 15 is 0 Å². The van der Waals surface area contributed by atoms with Crippen LogP contribution in [-0.4, -0.2) is 27.1 Å². The number of benzene rings is 2. The zero-order valence-corrected chi connectivity index (χ0v) is 17.1. The predicted molar refractivity (Wildman–Crippen MR) is 111 cm³/mol. The first kappa shape index (κ1) is 20.6. The number of para-hydroxylation sites is 1. The van der Waals surface area contributed by atoms with Gasteiger partial charge in [-0.05, 0) is 54.5 Å². The van der Waals surface area contributed by atoms with E-state index in [1.54, 1.807) is 12.1 Å². The van der Waals surface area contributed by atoms with E-state index in [-0.39, 0.29) is 23.3 Å². The van der Waals surface area contributed by atoms with Crippen LogP contribution in [0, 0.1) is 5.41 Å². The van der Waals surface area contributed by atoms with Gasteiger partial charge in [-0.15, -0.1) is 0 Å². The third-order valence-electron chi connectivity index (χ3n) is 6.71. The molecular weight excluding hydrogens is 421 g/mol. The Morgan fingerprint density at radius 1 is 1.03 bits per heavy atom. The standard InChI is InChI=1S/C24H21F3N2O3/c25-24(26,27)17-6-4-15(5-7-17)11-29-9-8-16-2-1-3-18(20(16)29)21(32)28-23-12-22(13-23,14-23)10-19(30)31/h1-9H,10-14H2,(H,28,32)(H,30,31). The van der Waals surface area contributed by atoms with Crippen molar-refractivity contribution in [3.05, 3.63) is 71.4 Å². The number of aromatic nitrogens is 1. The summed E-state index contributed by atoms with van der Waals surface area (Å²) in [5.41, 5.74) is 0.722. The first-order chi connectivity index (χ1) is 15.1. The second kappa shape index (κ2) is 6.85. The lowest BCUT2D eigenvalue weighted by molar-refractivity contribution is -0.172. The normalized spacial score (nSPS) is 24.0. The Kier molecular flexibility index (Phi) is 4.41. The molecule has 0 spiro atoms. The highest BCUT2D eigenvalue weighted by Crippen LogP contribution is 2.69. The van der Waals surface area contributed by atoms with Gasteiger partial charge >= 0.3 is 12.1 Å². The lowest BCUT2D eigenvalue weighted by atomic mass is 9.38. The summed E-state index contributed by atoms with van der Waals surface area (Å²) in [6, 6.07) is 12.3. The maximum absolute atomic E-state index is 13.1. The van der Waals surface area contributed by atoms with Crippen molar-refractivity contribution in [3.8, 4) is 0 Å². The van der Waals surface area contributed by atoms with Crippen LogP contribution in [0.4, 0.5) is 13.2 Å². The molecule has 2 bridgehead atoms. The number of hydrogen-bond acceptors (Lipinski definition) is 2. The Balaban J connectivity index is 1.36. The van der Waals surface area contributed by atoms with E-state index in [1.807, 2.05) is 22.9 Å². The molecule has 1 aromatic heterocycles. The summed E-state index contributed by atoms with van der Waals surface area (Å²) >= 11 is 0. The van der Waals surface area contributed by atoms with Crippen molar-refractivity contribution in [2.24, 2.45) is 5.41 Å². The largest absolute Gasteiger partial charge is 0.481 e. The molecule has 1 amide bonds. The number of nitrogens with zero attached hydrogens (tertiary/aromatic N) is 1. The topological polar surface area (TPSA) is 71.3 Å². The first-order valence-electron chi connectivity index (χ1n) is 10.4. The lowest BCUT2D eigenvalue weighted by Gasteiger charge is -2.70. The molecule has 3 fully saturated rings. The number of fused-ring (bicyclic) bond motifs is 1. The molecule has 3 aromatic rings. The van der Waals surface area contributed by atoms with Crippen molar-refractivity contribution in [3.63, 3.8) is 0 Å². The van der Waals surface area contributed by atoms with Gasteiger partial charge in [-0.1, -0.05) is 24.3 Å². The Hall–Kier alpha value is -3.29. The van der Waals surface area contributed by atoms with Gasteiger partial charge in [-0.25, -0.2) is 0 Å². The molecule has 3 aliphatic rings. The Morgan fingerprint density at radius 2 is 1.72 bits per heavy atom. The van der Waals surface area contributed by atoms with Gasteiger partial charge in [0.25, 0.3) is 5.91 Å². The molecule has 5 nitrogen and oxygen atoms in total. The van der Waals surface area contributed by atoms with E-state index in [0.717, 1.165) is 23.0 Å². The third-order valence-corrected chi connectivity index (χ3v) is 6.71. The van der Waals surface area contributed by atoms with Crippen LogP contribution >= 0.6 is 0 Å². The SMILES string of the molecule is O=C(O)CC12CC(NC(=O)c3cccc4ccn(Cc5ccc(C(F)(F)F)cc5)c34)(C1)C2. The van der Waals surface area contributed by atoms with Crippen LogP contribution in [0.25, 0.3) is 10.9 Å². The van der Waals surface area contributed by atoms with Crippen LogP contribution in [0.5, 0.6) is 0 Å². The molecule has 3 aliphatic carbocycles. The van der Waals surface area contributed by atoms with Crippen molar-refractivity contribution in [1.29, 1.82) is 0 Å². The molecular formula is C24H21F3N2O3. The van der Waals surface area contributed by atoms with Gasteiger partial charge in [0.1, 0.15) is 0 Å². The monoisotopic (exact) mass is 442 g/mol. The van der Waals surface area contributed by atoms with Gasteiger partial charge in [-0.2, -0.15) is 13.2 Å².